The van der Waals surface area contributed by atoms with E-state index < -0.39 is 0 Å². The molecule has 4 heteroatoms. The third-order valence-electron chi connectivity index (χ3n) is 3.89. The van der Waals surface area contributed by atoms with Crippen molar-refractivity contribution in [3.05, 3.63) is 71.3 Å². The first-order valence-corrected chi connectivity index (χ1v) is 7.04. The Balaban J connectivity index is 1.67. The van der Waals surface area contributed by atoms with Gasteiger partial charge in [-0.1, -0.05) is 30.3 Å². The molecule has 21 heavy (non-hydrogen) atoms. The van der Waals surface area contributed by atoms with Crippen molar-refractivity contribution in [2.75, 3.05) is 13.2 Å². The summed E-state index contributed by atoms with van der Waals surface area (Å²) < 4.78 is 32.1. The maximum Gasteiger partial charge on any atom is 0.127 e. The van der Waals surface area contributed by atoms with Crippen LogP contribution >= 0.6 is 0 Å². The largest absolute Gasteiger partial charge is 0.379 e. The van der Waals surface area contributed by atoms with Crippen LogP contribution in [0.25, 0.3) is 0 Å². The van der Waals surface area contributed by atoms with Crippen LogP contribution in [-0.4, -0.2) is 19.3 Å². The Labute approximate surface area is 122 Å². The Hall–Kier alpha value is -1.78. The lowest BCUT2D eigenvalue weighted by molar-refractivity contribution is 0.187. The lowest BCUT2D eigenvalue weighted by atomic mass is 9.94. The zero-order chi connectivity index (χ0) is 14.7. The average molecular weight is 289 g/mol. The minimum Gasteiger partial charge on any atom is -0.379 e. The van der Waals surface area contributed by atoms with Crippen LogP contribution in [0, 0.1) is 11.6 Å². The number of halogens is 2. The summed E-state index contributed by atoms with van der Waals surface area (Å²) in [7, 11) is 0. The molecular weight excluding hydrogens is 272 g/mol. The van der Waals surface area contributed by atoms with Gasteiger partial charge in [-0.05, 0) is 23.8 Å². The molecule has 1 aliphatic heterocycles. The highest BCUT2D eigenvalue weighted by Crippen LogP contribution is 2.26. The first kappa shape index (κ1) is 14.2. The van der Waals surface area contributed by atoms with Crippen molar-refractivity contribution >= 4 is 0 Å². The summed E-state index contributed by atoms with van der Waals surface area (Å²) >= 11 is 0. The molecule has 3 rings (SSSR count). The van der Waals surface area contributed by atoms with E-state index in [0.29, 0.717) is 25.3 Å². The van der Waals surface area contributed by atoms with Gasteiger partial charge in [-0.15, -0.1) is 0 Å². The minimum atomic E-state index is -0.242. The van der Waals surface area contributed by atoms with Gasteiger partial charge in [0.05, 0.1) is 13.2 Å². The lowest BCUT2D eigenvalue weighted by Crippen LogP contribution is -2.34. The number of nitrogens with one attached hydrogen (secondary N) is 1. The Morgan fingerprint density at radius 1 is 1.00 bits per heavy atom. The summed E-state index contributed by atoms with van der Waals surface area (Å²) in [5.41, 5.74) is 1.68. The van der Waals surface area contributed by atoms with Gasteiger partial charge in [-0.2, -0.15) is 0 Å². The molecule has 1 aliphatic rings. The topological polar surface area (TPSA) is 21.3 Å². The molecule has 0 unspecified atom stereocenters. The second-order valence-corrected chi connectivity index (χ2v) is 5.27. The highest BCUT2D eigenvalue weighted by Gasteiger charge is 2.29. The zero-order valence-corrected chi connectivity index (χ0v) is 11.6. The summed E-state index contributed by atoms with van der Waals surface area (Å²) in [4.78, 5) is 0. The van der Waals surface area contributed by atoms with Gasteiger partial charge in [0, 0.05) is 24.1 Å². The molecule has 0 bridgehead atoms. The van der Waals surface area contributed by atoms with Gasteiger partial charge in [0.1, 0.15) is 11.6 Å². The molecule has 1 heterocycles. The Bertz CT molecular complexity index is 600. The number of ether oxygens (including phenoxy) is 1. The van der Waals surface area contributed by atoms with Crippen molar-refractivity contribution < 1.29 is 13.5 Å². The quantitative estimate of drug-likeness (QED) is 0.933. The van der Waals surface area contributed by atoms with E-state index in [0.717, 1.165) is 5.56 Å². The van der Waals surface area contributed by atoms with Gasteiger partial charge in [0.25, 0.3) is 0 Å². The van der Waals surface area contributed by atoms with Crippen LogP contribution in [0.15, 0.2) is 48.5 Å². The molecule has 0 aromatic heterocycles. The van der Waals surface area contributed by atoms with Crippen LogP contribution in [0.3, 0.4) is 0 Å². The minimum absolute atomic E-state index is 0.107. The van der Waals surface area contributed by atoms with E-state index >= 15 is 0 Å². The predicted molar refractivity (Wildman–Crippen MR) is 77.0 cm³/mol. The van der Waals surface area contributed by atoms with E-state index in [9.17, 15) is 8.78 Å². The molecule has 1 fully saturated rings. The van der Waals surface area contributed by atoms with Crippen molar-refractivity contribution in [3.8, 4) is 0 Å². The summed E-state index contributed by atoms with van der Waals surface area (Å²) in [6, 6.07) is 13.3. The van der Waals surface area contributed by atoms with E-state index in [-0.39, 0.29) is 23.6 Å². The molecule has 0 radical (unpaired) electrons. The molecule has 110 valence electrons. The fraction of sp³-hybridized carbons (Fsp3) is 0.294. The van der Waals surface area contributed by atoms with Gasteiger partial charge in [-0.25, -0.2) is 8.78 Å². The fourth-order valence-corrected chi connectivity index (χ4v) is 2.68. The maximum atomic E-state index is 13.6. The standard InChI is InChI=1S/C17H17F2NO/c18-14-7-5-12(6-8-14)15-10-21-11-17(15)20-9-13-3-1-2-4-16(13)19/h1-8,15,17,20H,9-11H2/t15-,17+/m0/s1. The molecule has 0 spiro atoms. The van der Waals surface area contributed by atoms with E-state index in [1.165, 1.54) is 18.2 Å². The van der Waals surface area contributed by atoms with Crippen LogP contribution in [0.1, 0.15) is 17.0 Å². The lowest BCUT2D eigenvalue weighted by Gasteiger charge is -2.19. The fourth-order valence-electron chi connectivity index (χ4n) is 2.68. The first-order valence-electron chi connectivity index (χ1n) is 7.04. The second-order valence-electron chi connectivity index (χ2n) is 5.27. The first-order chi connectivity index (χ1) is 10.2. The Kier molecular flexibility index (Phi) is 4.27. The predicted octanol–water partition coefficient (Wildman–Crippen LogP) is 3.24. The van der Waals surface area contributed by atoms with Crippen molar-refractivity contribution in [2.24, 2.45) is 0 Å². The smallest absolute Gasteiger partial charge is 0.127 e. The van der Waals surface area contributed by atoms with Crippen molar-refractivity contribution in [1.29, 1.82) is 0 Å². The van der Waals surface area contributed by atoms with Crippen LogP contribution in [-0.2, 0) is 11.3 Å². The van der Waals surface area contributed by atoms with Gasteiger partial charge in [0.15, 0.2) is 0 Å². The molecule has 0 saturated carbocycles. The van der Waals surface area contributed by atoms with Crippen molar-refractivity contribution in [3.63, 3.8) is 0 Å². The number of hydrogen-bond donors (Lipinski definition) is 1. The molecule has 2 nitrogen and oxygen atoms in total. The number of hydrogen-bond acceptors (Lipinski definition) is 2. The van der Waals surface area contributed by atoms with E-state index in [2.05, 4.69) is 5.32 Å². The van der Waals surface area contributed by atoms with E-state index in [1.54, 1.807) is 24.3 Å². The monoisotopic (exact) mass is 289 g/mol. The molecular formula is C17H17F2NO. The highest BCUT2D eigenvalue weighted by molar-refractivity contribution is 5.24. The Morgan fingerprint density at radius 3 is 2.52 bits per heavy atom. The normalized spacial score (nSPS) is 21.6. The molecule has 1 saturated heterocycles. The third-order valence-corrected chi connectivity index (χ3v) is 3.89. The van der Waals surface area contributed by atoms with Crippen LogP contribution in [0.4, 0.5) is 8.78 Å². The van der Waals surface area contributed by atoms with E-state index in [1.807, 2.05) is 6.07 Å². The molecule has 0 amide bonds. The number of rotatable bonds is 4. The van der Waals surface area contributed by atoms with Crippen LogP contribution in [0.5, 0.6) is 0 Å². The SMILES string of the molecule is Fc1ccc([C@@H]2COC[C@H]2NCc2ccccc2F)cc1. The van der Waals surface area contributed by atoms with Gasteiger partial charge in [-0.3, -0.25) is 0 Å². The Morgan fingerprint density at radius 2 is 1.76 bits per heavy atom. The summed E-state index contributed by atoms with van der Waals surface area (Å²) in [5.74, 6) is -0.284. The summed E-state index contributed by atoms with van der Waals surface area (Å²) in [6.45, 7) is 1.63. The molecule has 0 aliphatic carbocycles. The zero-order valence-electron chi connectivity index (χ0n) is 11.6. The molecule has 2 aromatic carbocycles. The highest BCUT2D eigenvalue weighted by atomic mass is 19.1. The van der Waals surface area contributed by atoms with Crippen molar-refractivity contribution in [1.82, 2.24) is 5.32 Å². The molecule has 2 aromatic rings. The van der Waals surface area contributed by atoms with Crippen LogP contribution in [0.2, 0.25) is 0 Å². The van der Waals surface area contributed by atoms with E-state index in [4.69, 9.17) is 4.74 Å². The second kappa shape index (κ2) is 6.33. The van der Waals surface area contributed by atoms with Gasteiger partial charge in [0.2, 0.25) is 0 Å². The summed E-state index contributed by atoms with van der Waals surface area (Å²) in [6.07, 6.45) is 0. The van der Waals surface area contributed by atoms with Gasteiger partial charge < -0.3 is 10.1 Å². The molecule has 2 atom stereocenters. The summed E-state index contributed by atoms with van der Waals surface area (Å²) in [5, 5.41) is 3.34. The number of benzene rings is 2. The third kappa shape index (κ3) is 3.28. The van der Waals surface area contributed by atoms with Gasteiger partial charge >= 0.3 is 0 Å². The maximum absolute atomic E-state index is 13.6. The average Bonchev–Trinajstić information content (AvgIpc) is 2.96. The van der Waals surface area contributed by atoms with Crippen LogP contribution < -0.4 is 5.32 Å². The molecule has 1 N–H and O–H groups in total. The van der Waals surface area contributed by atoms with Crippen molar-refractivity contribution in [2.45, 2.75) is 18.5 Å².